The molecule has 0 aliphatic carbocycles. The van der Waals surface area contributed by atoms with Gasteiger partial charge in [-0.25, -0.2) is 0 Å². The van der Waals surface area contributed by atoms with E-state index < -0.39 is 0 Å². The van der Waals surface area contributed by atoms with Gasteiger partial charge < -0.3 is 4.90 Å². The van der Waals surface area contributed by atoms with Crippen molar-refractivity contribution in [2.75, 3.05) is 13.1 Å². The molecule has 2 aliphatic heterocycles. The zero-order valence-electron chi connectivity index (χ0n) is 5.30. The van der Waals surface area contributed by atoms with Crippen LogP contribution in [0.15, 0.2) is 12.3 Å². The first-order chi connectivity index (χ1) is 3.45. The molecule has 2 heterocycles. The summed E-state index contributed by atoms with van der Waals surface area (Å²) in [6.45, 7) is 2.61. The van der Waals surface area contributed by atoms with Crippen LogP contribution in [-0.2, 0) is 0 Å². The summed E-state index contributed by atoms with van der Waals surface area (Å²) in [6, 6.07) is 0. The molecule has 8 heavy (non-hydrogen) atoms. The van der Waals surface area contributed by atoms with Gasteiger partial charge in [-0.15, -0.1) is 0 Å². The molecule has 0 aromatic heterocycles. The first-order valence-corrected chi connectivity index (χ1v) is 2.87. The number of nitrogens with zero attached hydrogens (tertiary/aromatic N) is 1. The molecule has 2 bridgehead atoms. The summed E-state index contributed by atoms with van der Waals surface area (Å²) in [6.07, 6.45) is 5.92. The summed E-state index contributed by atoms with van der Waals surface area (Å²) in [5, 5.41) is 0. The Morgan fingerprint density at radius 3 is 2.50 bits per heavy atom. The SMILES string of the molecule is C1=CN2CCC1C2.[Li]. The van der Waals surface area contributed by atoms with Gasteiger partial charge in [-0.05, 0) is 18.5 Å². The first-order valence-electron chi connectivity index (χ1n) is 2.87. The van der Waals surface area contributed by atoms with Gasteiger partial charge in [0, 0.05) is 32.0 Å². The minimum Gasteiger partial charge on any atom is -0.377 e. The van der Waals surface area contributed by atoms with E-state index in [1.54, 1.807) is 0 Å². The molecule has 1 radical (unpaired) electrons. The third-order valence-corrected chi connectivity index (χ3v) is 1.83. The van der Waals surface area contributed by atoms with E-state index in [9.17, 15) is 0 Å². The smallest absolute Gasteiger partial charge is 0.0236 e. The molecule has 39 valence electrons. The number of hydrogen-bond donors (Lipinski definition) is 0. The Morgan fingerprint density at radius 1 is 1.50 bits per heavy atom. The fraction of sp³-hybridized carbons (Fsp3) is 0.667. The molecule has 0 saturated carbocycles. The van der Waals surface area contributed by atoms with E-state index in [0.717, 1.165) is 5.92 Å². The molecule has 0 aromatic carbocycles. The van der Waals surface area contributed by atoms with Crippen molar-refractivity contribution >= 4 is 18.9 Å². The molecule has 1 saturated heterocycles. The van der Waals surface area contributed by atoms with E-state index in [2.05, 4.69) is 17.2 Å². The van der Waals surface area contributed by atoms with Gasteiger partial charge in [0.05, 0.1) is 0 Å². The van der Waals surface area contributed by atoms with Crippen molar-refractivity contribution in [1.82, 2.24) is 4.90 Å². The molecule has 0 amide bonds. The zero-order valence-corrected chi connectivity index (χ0v) is 5.30. The van der Waals surface area contributed by atoms with Crippen LogP contribution in [0.1, 0.15) is 6.42 Å². The molecule has 0 spiro atoms. The maximum Gasteiger partial charge on any atom is 0.0236 e. The molecular formula is C6H9LiN. The summed E-state index contributed by atoms with van der Waals surface area (Å²) in [7, 11) is 0. The molecule has 0 aromatic rings. The normalized spacial score (nSPS) is 31.0. The molecule has 2 aliphatic rings. The third kappa shape index (κ3) is 0.810. The monoisotopic (exact) mass is 102 g/mol. The average molecular weight is 102 g/mol. The van der Waals surface area contributed by atoms with Crippen molar-refractivity contribution in [3.05, 3.63) is 12.3 Å². The Balaban J connectivity index is 0.000000320. The first kappa shape index (κ1) is 6.26. The van der Waals surface area contributed by atoms with E-state index in [1.807, 2.05) is 0 Å². The number of rotatable bonds is 0. The van der Waals surface area contributed by atoms with Crippen LogP contribution < -0.4 is 0 Å². The fourth-order valence-electron chi connectivity index (χ4n) is 1.35. The molecule has 1 atom stereocenters. The Hall–Kier alpha value is 0.137. The summed E-state index contributed by atoms with van der Waals surface area (Å²) in [5.41, 5.74) is 0. The van der Waals surface area contributed by atoms with Crippen molar-refractivity contribution in [2.24, 2.45) is 5.92 Å². The third-order valence-electron chi connectivity index (χ3n) is 1.83. The second kappa shape index (κ2) is 2.17. The van der Waals surface area contributed by atoms with Crippen LogP contribution in [0.5, 0.6) is 0 Å². The predicted octanol–water partition coefficient (Wildman–Crippen LogP) is 0.455. The van der Waals surface area contributed by atoms with Crippen molar-refractivity contribution in [3.8, 4) is 0 Å². The average Bonchev–Trinajstić information content (AvgIpc) is 2.22. The fourth-order valence-corrected chi connectivity index (χ4v) is 1.35. The molecule has 1 fully saturated rings. The second-order valence-corrected chi connectivity index (χ2v) is 2.39. The van der Waals surface area contributed by atoms with Gasteiger partial charge >= 0.3 is 0 Å². The minimum atomic E-state index is 0. The van der Waals surface area contributed by atoms with Crippen molar-refractivity contribution in [3.63, 3.8) is 0 Å². The minimum absolute atomic E-state index is 0. The molecular weight excluding hydrogens is 93.0 g/mol. The molecule has 0 N–H and O–H groups in total. The van der Waals surface area contributed by atoms with E-state index in [4.69, 9.17) is 0 Å². The summed E-state index contributed by atoms with van der Waals surface area (Å²) >= 11 is 0. The van der Waals surface area contributed by atoms with Crippen LogP contribution in [0.3, 0.4) is 0 Å². The molecule has 2 rings (SSSR count). The zero-order chi connectivity index (χ0) is 4.69. The van der Waals surface area contributed by atoms with Gasteiger partial charge in [-0.1, -0.05) is 6.08 Å². The Kier molecular flexibility index (Phi) is 1.70. The van der Waals surface area contributed by atoms with Crippen LogP contribution in [0, 0.1) is 5.92 Å². The quantitative estimate of drug-likeness (QED) is 0.401. The van der Waals surface area contributed by atoms with E-state index >= 15 is 0 Å². The van der Waals surface area contributed by atoms with E-state index in [1.165, 1.54) is 19.5 Å². The van der Waals surface area contributed by atoms with Crippen molar-refractivity contribution in [2.45, 2.75) is 6.42 Å². The van der Waals surface area contributed by atoms with E-state index in [0.29, 0.717) is 0 Å². The molecule has 1 nitrogen and oxygen atoms in total. The van der Waals surface area contributed by atoms with Crippen LogP contribution in [-0.4, -0.2) is 36.9 Å². The van der Waals surface area contributed by atoms with Crippen LogP contribution in [0.4, 0.5) is 0 Å². The number of hydrogen-bond acceptors (Lipinski definition) is 1. The summed E-state index contributed by atoms with van der Waals surface area (Å²) in [5.74, 6) is 0.917. The Bertz CT molecular complexity index is 99.1. The van der Waals surface area contributed by atoms with Crippen molar-refractivity contribution < 1.29 is 0 Å². The van der Waals surface area contributed by atoms with Gasteiger partial charge in [0.2, 0.25) is 0 Å². The van der Waals surface area contributed by atoms with Gasteiger partial charge in [-0.2, -0.15) is 0 Å². The van der Waals surface area contributed by atoms with Crippen LogP contribution in [0.25, 0.3) is 0 Å². The predicted molar refractivity (Wildman–Crippen MR) is 34.6 cm³/mol. The molecule has 2 heteroatoms. The summed E-state index contributed by atoms with van der Waals surface area (Å²) in [4.78, 5) is 2.38. The number of fused-ring (bicyclic) bond motifs is 2. The van der Waals surface area contributed by atoms with Crippen molar-refractivity contribution in [1.29, 1.82) is 0 Å². The van der Waals surface area contributed by atoms with Crippen LogP contribution in [0.2, 0.25) is 0 Å². The summed E-state index contributed by atoms with van der Waals surface area (Å²) < 4.78 is 0. The van der Waals surface area contributed by atoms with Gasteiger partial charge in [-0.3, -0.25) is 0 Å². The molecule has 1 unspecified atom stereocenters. The largest absolute Gasteiger partial charge is 0.377 e. The van der Waals surface area contributed by atoms with Gasteiger partial charge in [0.1, 0.15) is 0 Å². The maximum atomic E-state index is 2.38. The van der Waals surface area contributed by atoms with Gasteiger partial charge in [0.25, 0.3) is 0 Å². The van der Waals surface area contributed by atoms with E-state index in [-0.39, 0.29) is 18.9 Å². The van der Waals surface area contributed by atoms with Gasteiger partial charge in [0.15, 0.2) is 0 Å². The second-order valence-electron chi connectivity index (χ2n) is 2.39. The topological polar surface area (TPSA) is 3.24 Å². The standard InChI is InChI=1S/C6H9N.Li/c1-3-7-4-2-6(1)5-7;/h1,3,6H,2,4-5H2;. The Morgan fingerprint density at radius 2 is 2.38 bits per heavy atom. The Labute approximate surface area is 61.9 Å². The van der Waals surface area contributed by atoms with Crippen LogP contribution >= 0.6 is 0 Å². The maximum absolute atomic E-state index is 2.38.